The fourth-order valence-corrected chi connectivity index (χ4v) is 5.07. The van der Waals surface area contributed by atoms with Crippen LogP contribution in [0.1, 0.15) is 85.0 Å². The molecule has 2 rings (SSSR count). The molecule has 1 aliphatic rings. The maximum absolute atomic E-state index is 13.9. The number of benzene rings is 1. The van der Waals surface area contributed by atoms with E-state index >= 15 is 0 Å². The third kappa shape index (κ3) is 8.11. The monoisotopic (exact) mass is 462 g/mol. The van der Waals surface area contributed by atoms with Crippen LogP contribution in [0.15, 0.2) is 30.3 Å². The first-order valence-corrected chi connectivity index (χ1v) is 12.6. The molecular weight excluding hydrogens is 420 g/mol. The van der Waals surface area contributed by atoms with Crippen molar-refractivity contribution in [3.05, 3.63) is 30.3 Å². The van der Waals surface area contributed by atoms with E-state index in [2.05, 4.69) is 19.2 Å². The molecule has 0 saturated carbocycles. The van der Waals surface area contributed by atoms with Gasteiger partial charge in [-0.25, -0.2) is 0 Å². The Hall–Kier alpha value is -1.53. The lowest BCUT2D eigenvalue weighted by Crippen LogP contribution is -2.56. The average molecular weight is 463 g/mol. The van der Waals surface area contributed by atoms with Crippen LogP contribution < -0.4 is 10.2 Å². The largest absolute Gasteiger partial charge is 0.362 e. The van der Waals surface area contributed by atoms with E-state index < -0.39 is 10.8 Å². The topological polar surface area (TPSA) is 58.6 Å². The molecule has 0 aromatic heterocycles. The van der Waals surface area contributed by atoms with Gasteiger partial charge in [0, 0.05) is 12.8 Å². The number of hydrogen-bond donors (Lipinski definition) is 2. The first kappa shape index (κ1) is 26.7. The highest BCUT2D eigenvalue weighted by molar-refractivity contribution is 7.82. The predicted molar refractivity (Wildman–Crippen MR) is 135 cm³/mol. The number of carbonyl (C=O) groups excluding carboxylic acids is 2. The van der Waals surface area contributed by atoms with Crippen LogP contribution in [0.3, 0.4) is 0 Å². The summed E-state index contributed by atoms with van der Waals surface area (Å²) in [6.07, 6.45) is 9.44. The second kappa shape index (κ2) is 13.2. The summed E-state index contributed by atoms with van der Waals surface area (Å²) in [7, 11) is 1.63. The van der Waals surface area contributed by atoms with Gasteiger partial charge in [0.25, 0.3) is 0 Å². The van der Waals surface area contributed by atoms with Crippen molar-refractivity contribution in [3.63, 3.8) is 0 Å². The molecule has 3 atom stereocenters. The van der Waals surface area contributed by atoms with E-state index in [-0.39, 0.29) is 18.0 Å². The van der Waals surface area contributed by atoms with Crippen LogP contribution in [-0.4, -0.2) is 35.9 Å². The van der Waals surface area contributed by atoms with Crippen LogP contribution in [0, 0.1) is 5.92 Å². The summed E-state index contributed by atoms with van der Waals surface area (Å²) < 4.78 is 4.69. The molecule has 0 bridgehead atoms. The SMILES string of the molecule is COC1CCCCCCCCCC(N(C(=O)C(C)(S)CC(C)C)c2ccccc2)C(=O)N1. The minimum atomic E-state index is -0.869. The molecule has 1 N–H and O–H groups in total. The van der Waals surface area contributed by atoms with E-state index in [9.17, 15) is 9.59 Å². The summed E-state index contributed by atoms with van der Waals surface area (Å²) in [5, 5.41) is 3.07. The Morgan fingerprint density at radius 2 is 1.66 bits per heavy atom. The van der Waals surface area contributed by atoms with E-state index in [1.165, 1.54) is 19.3 Å². The highest BCUT2D eigenvalue weighted by atomic mass is 32.1. The molecule has 1 aliphatic heterocycles. The number of methoxy groups -OCH3 is 1. The molecule has 0 aliphatic carbocycles. The number of rotatable bonds is 6. The first-order chi connectivity index (χ1) is 15.3. The number of amides is 2. The number of ether oxygens (including phenoxy) is 1. The Balaban J connectivity index is 2.41. The smallest absolute Gasteiger partial charge is 0.245 e. The average Bonchev–Trinajstić information content (AvgIpc) is 2.76. The van der Waals surface area contributed by atoms with Gasteiger partial charge in [0.1, 0.15) is 12.3 Å². The molecule has 1 fully saturated rings. The molecule has 5 nitrogen and oxygen atoms in total. The molecule has 0 radical (unpaired) electrons. The van der Waals surface area contributed by atoms with E-state index in [1.807, 2.05) is 37.3 Å². The summed E-state index contributed by atoms with van der Waals surface area (Å²) in [4.78, 5) is 29.1. The summed E-state index contributed by atoms with van der Waals surface area (Å²) >= 11 is 4.78. The molecule has 0 spiro atoms. The Bertz CT molecular complexity index is 708. The lowest BCUT2D eigenvalue weighted by molar-refractivity contribution is -0.130. The van der Waals surface area contributed by atoms with Gasteiger partial charge in [-0.15, -0.1) is 0 Å². The van der Waals surface area contributed by atoms with Gasteiger partial charge in [0.2, 0.25) is 11.8 Å². The van der Waals surface area contributed by atoms with Crippen LogP contribution >= 0.6 is 12.6 Å². The summed E-state index contributed by atoms with van der Waals surface area (Å²) in [6, 6.07) is 8.94. The second-order valence-corrected chi connectivity index (χ2v) is 10.7. The Labute approximate surface area is 200 Å². The Morgan fingerprint density at radius 1 is 1.09 bits per heavy atom. The Morgan fingerprint density at radius 3 is 2.22 bits per heavy atom. The number of thiol groups is 1. The van der Waals surface area contributed by atoms with Crippen molar-refractivity contribution in [1.29, 1.82) is 0 Å². The number of nitrogens with one attached hydrogen (secondary N) is 1. The molecule has 1 aromatic carbocycles. The zero-order valence-electron chi connectivity index (χ0n) is 20.3. The molecule has 6 heteroatoms. The predicted octanol–water partition coefficient (Wildman–Crippen LogP) is 5.74. The minimum Gasteiger partial charge on any atom is -0.362 e. The van der Waals surface area contributed by atoms with Crippen molar-refractivity contribution in [1.82, 2.24) is 5.32 Å². The molecule has 2 amide bonds. The van der Waals surface area contributed by atoms with E-state index in [0.717, 1.165) is 37.8 Å². The van der Waals surface area contributed by atoms with Crippen molar-refractivity contribution < 1.29 is 14.3 Å². The number of anilines is 1. The van der Waals surface area contributed by atoms with Gasteiger partial charge in [0.15, 0.2) is 0 Å². The molecule has 1 heterocycles. The third-order valence-electron chi connectivity index (χ3n) is 6.17. The van der Waals surface area contributed by atoms with Crippen LogP contribution in [0.5, 0.6) is 0 Å². The standard InChI is InChI=1S/C26H42N2O3S/c1-20(2)19-26(3,32)25(30)28(21-15-11-10-12-16-21)22-17-13-8-6-5-7-9-14-18-23(31-4)27-24(22)29/h10-12,15-16,20,22-23,32H,5-9,13-14,17-19H2,1-4H3,(H,27,29). The number of carbonyl (C=O) groups is 2. The zero-order chi connectivity index (χ0) is 23.6. The van der Waals surface area contributed by atoms with E-state index in [4.69, 9.17) is 17.4 Å². The minimum absolute atomic E-state index is 0.126. The summed E-state index contributed by atoms with van der Waals surface area (Å²) in [6.45, 7) is 6.04. The number of hydrogen-bond acceptors (Lipinski definition) is 4. The van der Waals surface area contributed by atoms with Gasteiger partial charge in [-0.3, -0.25) is 14.5 Å². The van der Waals surface area contributed by atoms with Gasteiger partial charge in [-0.2, -0.15) is 12.6 Å². The second-order valence-electron chi connectivity index (χ2n) is 9.68. The summed E-state index contributed by atoms with van der Waals surface area (Å²) in [5.41, 5.74) is 0.736. The Kier molecular flexibility index (Phi) is 11.1. The van der Waals surface area contributed by atoms with E-state index in [1.54, 1.807) is 12.0 Å². The van der Waals surface area contributed by atoms with Crippen molar-refractivity contribution in [2.75, 3.05) is 12.0 Å². The zero-order valence-corrected chi connectivity index (χ0v) is 21.2. The van der Waals surface area contributed by atoms with Crippen molar-refractivity contribution >= 4 is 30.1 Å². The first-order valence-electron chi connectivity index (χ1n) is 12.2. The van der Waals surface area contributed by atoms with Gasteiger partial charge in [-0.1, -0.05) is 70.6 Å². The highest BCUT2D eigenvalue weighted by Crippen LogP contribution is 2.31. The summed E-state index contributed by atoms with van der Waals surface area (Å²) in [5.74, 6) is 0.0342. The van der Waals surface area contributed by atoms with Gasteiger partial charge in [0.05, 0.1) is 4.75 Å². The maximum Gasteiger partial charge on any atom is 0.245 e. The number of nitrogens with zero attached hydrogens (tertiary/aromatic N) is 1. The molecule has 1 aromatic rings. The van der Waals surface area contributed by atoms with Crippen molar-refractivity contribution in [2.45, 2.75) is 102 Å². The molecule has 3 unspecified atom stereocenters. The van der Waals surface area contributed by atoms with Gasteiger partial charge >= 0.3 is 0 Å². The quantitative estimate of drug-likeness (QED) is 0.530. The van der Waals surface area contributed by atoms with Crippen LogP contribution in [-0.2, 0) is 14.3 Å². The fourth-order valence-electron chi connectivity index (χ4n) is 4.60. The van der Waals surface area contributed by atoms with Crippen molar-refractivity contribution in [3.8, 4) is 0 Å². The van der Waals surface area contributed by atoms with Gasteiger partial charge in [-0.05, 0) is 50.7 Å². The normalized spacial score (nSPS) is 23.2. The molecular formula is C26H42N2O3S. The van der Waals surface area contributed by atoms with Crippen LogP contribution in [0.2, 0.25) is 0 Å². The molecule has 180 valence electrons. The maximum atomic E-state index is 13.9. The van der Waals surface area contributed by atoms with Gasteiger partial charge < -0.3 is 10.1 Å². The fraction of sp³-hybridized carbons (Fsp3) is 0.692. The number of para-hydroxylation sites is 1. The van der Waals surface area contributed by atoms with E-state index in [0.29, 0.717) is 18.8 Å². The lowest BCUT2D eigenvalue weighted by atomic mass is 9.94. The highest BCUT2D eigenvalue weighted by Gasteiger charge is 2.40. The van der Waals surface area contributed by atoms with Crippen LogP contribution in [0.4, 0.5) is 5.69 Å². The molecule has 32 heavy (non-hydrogen) atoms. The third-order valence-corrected chi connectivity index (χ3v) is 6.54. The van der Waals surface area contributed by atoms with Crippen molar-refractivity contribution in [2.24, 2.45) is 5.92 Å². The molecule has 1 saturated heterocycles. The van der Waals surface area contributed by atoms with Crippen LogP contribution in [0.25, 0.3) is 0 Å². The lowest BCUT2D eigenvalue weighted by Gasteiger charge is -2.37.